The summed E-state index contributed by atoms with van der Waals surface area (Å²) in [5.74, 6) is -0.674. The highest BCUT2D eigenvalue weighted by Crippen LogP contribution is 2.34. The molecular weight excluding hydrogens is 562 g/mol. The largest absolute Gasteiger partial charge is 0.370 e. The van der Waals surface area contributed by atoms with Crippen molar-refractivity contribution in [2.24, 2.45) is 11.3 Å². The molecule has 40 heavy (non-hydrogen) atoms. The van der Waals surface area contributed by atoms with Gasteiger partial charge in [-0.25, -0.2) is 8.78 Å². The van der Waals surface area contributed by atoms with E-state index in [1.165, 1.54) is 23.1 Å². The van der Waals surface area contributed by atoms with E-state index in [9.17, 15) is 23.2 Å². The molecule has 0 spiro atoms. The molecule has 4 rings (SSSR count). The second kappa shape index (κ2) is 12.9. The van der Waals surface area contributed by atoms with E-state index in [1.807, 2.05) is 0 Å². The fraction of sp³-hybridized carbons (Fsp3) is 0.536. The molecular formula is C28H35ClF2N4O4S. The highest BCUT2D eigenvalue weighted by molar-refractivity contribution is 7.18. The van der Waals surface area contributed by atoms with Crippen LogP contribution in [0.1, 0.15) is 55.3 Å². The lowest BCUT2D eigenvalue weighted by Gasteiger charge is -2.36. The highest BCUT2D eigenvalue weighted by Gasteiger charge is 2.35. The average Bonchev–Trinajstić information content (AvgIpc) is 3.59. The van der Waals surface area contributed by atoms with Gasteiger partial charge < -0.3 is 20.3 Å². The van der Waals surface area contributed by atoms with Crippen LogP contribution in [0.15, 0.2) is 30.3 Å². The third kappa shape index (κ3) is 8.22. The number of nitrogens with one attached hydrogen (secondary N) is 2. The first-order chi connectivity index (χ1) is 18.9. The normalized spacial score (nSPS) is 16.9. The Morgan fingerprint density at radius 3 is 2.58 bits per heavy atom. The standard InChI is InChI=1S/C28H35ClF2N4O4S/c1-28(2,3)16-34(14-17-4-5-17)21(13-32-27(38)22-8-9-23(29)40-22)26(37)33-18-6-7-20(19(12-18)25(30)31)35-10-11-39-15-24(35)36/h6-9,12,17,21,25H,4-5,10-11,13-16H2,1-3H3,(H,32,38)(H,33,37)/t21-/m1/s1. The van der Waals surface area contributed by atoms with Crippen LogP contribution in [0.2, 0.25) is 4.34 Å². The topological polar surface area (TPSA) is 91.0 Å². The molecule has 1 aliphatic heterocycles. The van der Waals surface area contributed by atoms with Gasteiger partial charge in [0.1, 0.15) is 12.6 Å². The number of anilines is 2. The number of carbonyl (C=O) groups excluding carboxylic acids is 3. The van der Waals surface area contributed by atoms with E-state index in [1.54, 1.807) is 12.1 Å². The molecule has 2 aromatic rings. The Morgan fingerprint density at radius 1 is 1.23 bits per heavy atom. The molecule has 1 aromatic heterocycles. The van der Waals surface area contributed by atoms with Crippen LogP contribution in [0, 0.1) is 11.3 Å². The SMILES string of the molecule is CC(C)(C)CN(CC1CC1)[C@H](CNC(=O)c1ccc(Cl)s1)C(=O)Nc1ccc(N2CCOCC2=O)c(C(F)F)c1. The Balaban J connectivity index is 1.57. The highest BCUT2D eigenvalue weighted by atomic mass is 35.5. The molecule has 218 valence electrons. The maximum Gasteiger partial charge on any atom is 0.265 e. The number of nitrogens with zero attached hydrogens (tertiary/aromatic N) is 2. The van der Waals surface area contributed by atoms with Crippen molar-refractivity contribution in [2.45, 2.75) is 46.1 Å². The summed E-state index contributed by atoms with van der Waals surface area (Å²) in [6, 6.07) is 6.67. The monoisotopic (exact) mass is 596 g/mol. The number of carbonyl (C=O) groups is 3. The minimum Gasteiger partial charge on any atom is -0.370 e. The number of thiophene rings is 1. The maximum atomic E-state index is 14.1. The zero-order chi connectivity index (χ0) is 29.0. The van der Waals surface area contributed by atoms with Crippen LogP contribution in [0.3, 0.4) is 0 Å². The second-order valence-electron chi connectivity index (χ2n) is 11.4. The van der Waals surface area contributed by atoms with E-state index in [-0.39, 0.29) is 54.6 Å². The van der Waals surface area contributed by atoms with E-state index in [0.29, 0.717) is 28.2 Å². The van der Waals surface area contributed by atoms with Gasteiger partial charge in [0.15, 0.2) is 0 Å². The summed E-state index contributed by atoms with van der Waals surface area (Å²) in [4.78, 5) is 42.6. The first kappa shape index (κ1) is 30.4. The molecule has 1 atom stereocenters. The molecule has 2 aliphatic rings. The van der Waals surface area contributed by atoms with Crippen LogP contribution >= 0.6 is 22.9 Å². The third-order valence-corrected chi connectivity index (χ3v) is 7.90. The minimum absolute atomic E-state index is 0.0328. The molecule has 1 saturated heterocycles. The summed E-state index contributed by atoms with van der Waals surface area (Å²) in [7, 11) is 0. The third-order valence-electron chi connectivity index (χ3n) is 6.67. The molecule has 0 radical (unpaired) electrons. The molecule has 2 fully saturated rings. The zero-order valence-electron chi connectivity index (χ0n) is 22.8. The van der Waals surface area contributed by atoms with Gasteiger partial charge in [0.05, 0.1) is 21.5 Å². The molecule has 1 aliphatic carbocycles. The van der Waals surface area contributed by atoms with Crippen molar-refractivity contribution in [3.05, 3.63) is 45.1 Å². The number of hydrogen-bond acceptors (Lipinski definition) is 6. The molecule has 2 N–H and O–H groups in total. The molecule has 3 amide bonds. The predicted octanol–water partition coefficient (Wildman–Crippen LogP) is 5.20. The van der Waals surface area contributed by atoms with Crippen LogP contribution < -0.4 is 15.5 Å². The van der Waals surface area contributed by atoms with Crippen LogP contribution in [0.25, 0.3) is 0 Å². The number of morpholine rings is 1. The number of rotatable bonds is 11. The van der Waals surface area contributed by atoms with E-state index < -0.39 is 24.3 Å². The van der Waals surface area contributed by atoms with Gasteiger partial charge in [-0.1, -0.05) is 32.4 Å². The number of benzene rings is 1. The van der Waals surface area contributed by atoms with Crippen LogP contribution in [0.4, 0.5) is 20.2 Å². The number of amides is 3. The van der Waals surface area contributed by atoms with E-state index in [0.717, 1.165) is 24.2 Å². The van der Waals surface area contributed by atoms with E-state index in [4.69, 9.17) is 16.3 Å². The lowest BCUT2D eigenvalue weighted by Crippen LogP contribution is -2.53. The number of ether oxygens (including phenoxy) is 1. The quantitative estimate of drug-likeness (QED) is 0.372. The summed E-state index contributed by atoms with van der Waals surface area (Å²) in [5.41, 5.74) is -0.193. The molecule has 8 nitrogen and oxygen atoms in total. The van der Waals surface area contributed by atoms with Crippen molar-refractivity contribution >= 4 is 52.0 Å². The van der Waals surface area contributed by atoms with Crippen molar-refractivity contribution in [2.75, 3.05) is 49.6 Å². The van der Waals surface area contributed by atoms with Crippen molar-refractivity contribution in [1.82, 2.24) is 10.2 Å². The van der Waals surface area contributed by atoms with Crippen molar-refractivity contribution in [3.63, 3.8) is 0 Å². The van der Waals surface area contributed by atoms with Crippen LogP contribution in [0.5, 0.6) is 0 Å². The first-order valence-electron chi connectivity index (χ1n) is 13.3. The predicted molar refractivity (Wildman–Crippen MR) is 152 cm³/mol. The number of hydrogen-bond donors (Lipinski definition) is 2. The smallest absolute Gasteiger partial charge is 0.265 e. The Hall–Kier alpha value is -2.60. The average molecular weight is 597 g/mol. The van der Waals surface area contributed by atoms with Gasteiger partial charge in [0.2, 0.25) is 5.91 Å². The van der Waals surface area contributed by atoms with Crippen LogP contribution in [-0.2, 0) is 14.3 Å². The number of alkyl halides is 2. The molecule has 1 aromatic carbocycles. The molecule has 0 bridgehead atoms. The van der Waals surface area contributed by atoms with E-state index in [2.05, 4.69) is 36.3 Å². The summed E-state index contributed by atoms with van der Waals surface area (Å²) in [5, 5.41) is 5.65. The molecule has 0 unspecified atom stereocenters. The van der Waals surface area contributed by atoms with Crippen molar-refractivity contribution < 1.29 is 27.9 Å². The van der Waals surface area contributed by atoms with Gasteiger partial charge in [-0.05, 0) is 54.5 Å². The Bertz CT molecular complexity index is 1230. The summed E-state index contributed by atoms with van der Waals surface area (Å²) < 4.78 is 33.8. The van der Waals surface area contributed by atoms with Crippen molar-refractivity contribution in [3.8, 4) is 0 Å². The van der Waals surface area contributed by atoms with Gasteiger partial charge in [0.25, 0.3) is 18.2 Å². The van der Waals surface area contributed by atoms with Crippen LogP contribution in [-0.4, -0.2) is 68.1 Å². The lowest BCUT2D eigenvalue weighted by molar-refractivity contribution is -0.125. The molecule has 12 heteroatoms. The molecule has 1 saturated carbocycles. The second-order valence-corrected chi connectivity index (χ2v) is 13.1. The minimum atomic E-state index is -2.86. The Labute approximate surface area is 242 Å². The van der Waals surface area contributed by atoms with Gasteiger partial charge in [-0.15, -0.1) is 11.3 Å². The molecule has 2 heterocycles. The fourth-order valence-corrected chi connectivity index (χ4v) is 5.65. The maximum absolute atomic E-state index is 14.1. The summed E-state index contributed by atoms with van der Waals surface area (Å²) >= 11 is 7.13. The Morgan fingerprint density at radius 2 is 1.98 bits per heavy atom. The number of halogens is 3. The lowest BCUT2D eigenvalue weighted by atomic mass is 9.94. The first-order valence-corrected chi connectivity index (χ1v) is 14.5. The fourth-order valence-electron chi connectivity index (χ4n) is 4.69. The van der Waals surface area contributed by atoms with E-state index >= 15 is 0 Å². The zero-order valence-corrected chi connectivity index (χ0v) is 24.4. The Kier molecular flexibility index (Phi) is 9.81. The van der Waals surface area contributed by atoms with Gasteiger partial charge in [-0.2, -0.15) is 0 Å². The summed E-state index contributed by atoms with van der Waals surface area (Å²) in [6.07, 6.45) is -0.703. The summed E-state index contributed by atoms with van der Waals surface area (Å²) in [6.45, 7) is 7.81. The van der Waals surface area contributed by atoms with Gasteiger partial charge in [0, 0.05) is 37.4 Å². The van der Waals surface area contributed by atoms with Gasteiger partial charge in [-0.3, -0.25) is 19.3 Å². The van der Waals surface area contributed by atoms with Gasteiger partial charge >= 0.3 is 0 Å². The van der Waals surface area contributed by atoms with Crippen molar-refractivity contribution in [1.29, 1.82) is 0 Å².